The average molecular weight is 183 g/mol. The van der Waals surface area contributed by atoms with Crippen molar-refractivity contribution < 1.29 is 14.7 Å². The first-order valence-corrected chi connectivity index (χ1v) is 3.52. The van der Waals surface area contributed by atoms with E-state index in [0.717, 1.165) is 6.20 Å². The third kappa shape index (κ3) is 1.66. The summed E-state index contributed by atoms with van der Waals surface area (Å²) in [5.74, 6) is -1.58. The van der Waals surface area contributed by atoms with Crippen molar-refractivity contribution in [3.05, 3.63) is 17.5 Å². The quantitative estimate of drug-likeness (QED) is 0.665. The minimum absolute atomic E-state index is 0.00231. The van der Waals surface area contributed by atoms with E-state index in [-0.39, 0.29) is 11.3 Å². The van der Waals surface area contributed by atoms with Gasteiger partial charge in [0.2, 0.25) is 0 Å². The fourth-order valence-electron chi connectivity index (χ4n) is 0.835. The summed E-state index contributed by atoms with van der Waals surface area (Å²) < 4.78 is 0. The van der Waals surface area contributed by atoms with Crippen LogP contribution in [0.2, 0.25) is 0 Å². The second-order valence-electron chi connectivity index (χ2n) is 2.66. The molecule has 0 unspecified atom stereocenters. The van der Waals surface area contributed by atoms with Crippen LogP contribution in [0.5, 0.6) is 0 Å². The minimum Gasteiger partial charge on any atom is -0.478 e. The van der Waals surface area contributed by atoms with E-state index in [1.807, 2.05) is 0 Å². The smallest absolute Gasteiger partial charge is 0.339 e. The van der Waals surface area contributed by atoms with E-state index in [2.05, 4.69) is 10.2 Å². The molecule has 1 rings (SSSR count). The predicted octanol–water partition coefficient (Wildman–Crippen LogP) is -0.190. The summed E-state index contributed by atoms with van der Waals surface area (Å²) in [6.07, 6.45) is 1.11. The van der Waals surface area contributed by atoms with E-state index in [1.165, 1.54) is 19.0 Å². The predicted molar refractivity (Wildman–Crippen MR) is 43.6 cm³/mol. The van der Waals surface area contributed by atoms with Gasteiger partial charge in [-0.05, 0) is 0 Å². The SMILES string of the molecule is CN(C)C(=O)c1[nH]ncc1C(=O)O. The lowest BCUT2D eigenvalue weighted by Crippen LogP contribution is -2.24. The number of nitrogens with one attached hydrogen (secondary N) is 1. The number of H-pyrrole nitrogens is 1. The molecule has 2 N–H and O–H groups in total. The molecule has 6 nitrogen and oxygen atoms in total. The fraction of sp³-hybridized carbons (Fsp3) is 0.286. The molecule has 6 heteroatoms. The lowest BCUT2D eigenvalue weighted by molar-refractivity contribution is 0.0685. The number of carboxylic acid groups (broad SMARTS) is 1. The summed E-state index contributed by atoms with van der Waals surface area (Å²) >= 11 is 0. The van der Waals surface area contributed by atoms with Crippen molar-refractivity contribution >= 4 is 11.9 Å². The first-order chi connectivity index (χ1) is 6.04. The van der Waals surface area contributed by atoms with E-state index in [0.29, 0.717) is 0 Å². The van der Waals surface area contributed by atoms with Crippen molar-refractivity contribution in [3.8, 4) is 0 Å². The molecule has 1 aromatic heterocycles. The molecular weight excluding hydrogens is 174 g/mol. The van der Waals surface area contributed by atoms with Gasteiger partial charge in [0, 0.05) is 14.1 Å². The number of hydrogen-bond donors (Lipinski definition) is 2. The van der Waals surface area contributed by atoms with Gasteiger partial charge in [0.1, 0.15) is 11.3 Å². The molecule has 0 atom stereocenters. The number of carbonyl (C=O) groups excluding carboxylic acids is 1. The summed E-state index contributed by atoms with van der Waals surface area (Å²) in [6, 6.07) is 0. The Morgan fingerprint density at radius 2 is 2.15 bits per heavy atom. The maximum atomic E-state index is 11.3. The first-order valence-electron chi connectivity index (χ1n) is 3.52. The van der Waals surface area contributed by atoms with E-state index in [1.54, 1.807) is 0 Å². The Labute approximate surface area is 74.2 Å². The highest BCUT2D eigenvalue weighted by atomic mass is 16.4. The second kappa shape index (κ2) is 3.26. The normalized spacial score (nSPS) is 9.69. The average Bonchev–Trinajstić information content (AvgIpc) is 2.50. The molecule has 0 saturated heterocycles. The number of hydrogen-bond acceptors (Lipinski definition) is 3. The third-order valence-electron chi connectivity index (χ3n) is 1.49. The van der Waals surface area contributed by atoms with Crippen LogP contribution in [0.15, 0.2) is 6.20 Å². The molecule has 1 amide bonds. The van der Waals surface area contributed by atoms with Gasteiger partial charge in [-0.15, -0.1) is 0 Å². The van der Waals surface area contributed by atoms with Crippen LogP contribution in [0.25, 0.3) is 0 Å². The molecule has 0 aliphatic rings. The van der Waals surface area contributed by atoms with Crippen LogP contribution >= 0.6 is 0 Å². The van der Waals surface area contributed by atoms with Crippen molar-refractivity contribution in [1.29, 1.82) is 0 Å². The molecule has 1 heterocycles. The highest BCUT2D eigenvalue weighted by Crippen LogP contribution is 2.06. The van der Waals surface area contributed by atoms with Crippen LogP contribution in [0.1, 0.15) is 20.8 Å². The van der Waals surface area contributed by atoms with Gasteiger partial charge in [0.05, 0.1) is 6.20 Å². The molecule has 13 heavy (non-hydrogen) atoms. The number of carbonyl (C=O) groups is 2. The fourth-order valence-corrected chi connectivity index (χ4v) is 0.835. The highest BCUT2D eigenvalue weighted by Gasteiger charge is 2.19. The Hall–Kier alpha value is -1.85. The van der Waals surface area contributed by atoms with Crippen LogP contribution in [0.4, 0.5) is 0 Å². The number of amides is 1. The summed E-state index contributed by atoms with van der Waals surface area (Å²) in [4.78, 5) is 23.2. The van der Waals surface area contributed by atoms with Gasteiger partial charge in [-0.3, -0.25) is 9.89 Å². The lowest BCUT2D eigenvalue weighted by Gasteiger charge is -2.08. The van der Waals surface area contributed by atoms with Crippen molar-refractivity contribution in [1.82, 2.24) is 15.1 Å². The summed E-state index contributed by atoms with van der Waals surface area (Å²) in [5, 5.41) is 14.5. The minimum atomic E-state index is -1.17. The summed E-state index contributed by atoms with van der Waals surface area (Å²) in [7, 11) is 3.07. The Morgan fingerprint density at radius 1 is 1.54 bits per heavy atom. The number of aromatic nitrogens is 2. The Kier molecular flexibility index (Phi) is 2.32. The monoisotopic (exact) mass is 183 g/mol. The van der Waals surface area contributed by atoms with Crippen LogP contribution in [-0.4, -0.2) is 46.2 Å². The molecule has 1 aromatic rings. The van der Waals surface area contributed by atoms with Gasteiger partial charge in [-0.25, -0.2) is 4.79 Å². The van der Waals surface area contributed by atoms with E-state index in [9.17, 15) is 9.59 Å². The Bertz CT molecular complexity index is 343. The molecule has 0 aliphatic carbocycles. The van der Waals surface area contributed by atoms with Gasteiger partial charge < -0.3 is 10.0 Å². The van der Waals surface area contributed by atoms with Crippen LogP contribution < -0.4 is 0 Å². The number of aromatic carboxylic acids is 1. The van der Waals surface area contributed by atoms with Gasteiger partial charge >= 0.3 is 5.97 Å². The van der Waals surface area contributed by atoms with Crippen molar-refractivity contribution in [2.75, 3.05) is 14.1 Å². The number of carboxylic acids is 1. The molecule has 0 spiro atoms. The van der Waals surface area contributed by atoms with Crippen molar-refractivity contribution in [2.24, 2.45) is 0 Å². The molecule has 0 radical (unpaired) electrons. The van der Waals surface area contributed by atoms with Gasteiger partial charge in [-0.1, -0.05) is 0 Å². The zero-order valence-corrected chi connectivity index (χ0v) is 7.24. The summed E-state index contributed by atoms with van der Waals surface area (Å²) in [5.41, 5.74) is -0.115. The largest absolute Gasteiger partial charge is 0.478 e. The van der Waals surface area contributed by atoms with Gasteiger partial charge in [0.25, 0.3) is 5.91 Å². The molecule has 0 saturated carbocycles. The zero-order chi connectivity index (χ0) is 10.0. The molecule has 0 aromatic carbocycles. The molecule has 0 aliphatic heterocycles. The maximum absolute atomic E-state index is 11.3. The zero-order valence-electron chi connectivity index (χ0n) is 7.24. The molecule has 70 valence electrons. The lowest BCUT2D eigenvalue weighted by atomic mass is 10.2. The number of aromatic amines is 1. The third-order valence-corrected chi connectivity index (χ3v) is 1.49. The van der Waals surface area contributed by atoms with Crippen molar-refractivity contribution in [2.45, 2.75) is 0 Å². The number of rotatable bonds is 2. The van der Waals surface area contributed by atoms with Gasteiger partial charge in [0.15, 0.2) is 0 Å². The molecule has 0 bridgehead atoms. The van der Waals surface area contributed by atoms with E-state index < -0.39 is 11.9 Å². The molecule has 0 fully saturated rings. The van der Waals surface area contributed by atoms with Crippen LogP contribution in [-0.2, 0) is 0 Å². The maximum Gasteiger partial charge on any atom is 0.339 e. The van der Waals surface area contributed by atoms with E-state index in [4.69, 9.17) is 5.11 Å². The standard InChI is InChI=1S/C7H9N3O3/c1-10(2)6(11)5-4(7(12)13)3-8-9-5/h3H,1-2H3,(H,8,9)(H,12,13). The van der Waals surface area contributed by atoms with E-state index >= 15 is 0 Å². The second-order valence-corrected chi connectivity index (χ2v) is 2.66. The Balaban J connectivity index is 3.08. The van der Waals surface area contributed by atoms with Crippen LogP contribution in [0.3, 0.4) is 0 Å². The summed E-state index contributed by atoms with van der Waals surface area (Å²) in [6.45, 7) is 0. The van der Waals surface area contributed by atoms with Crippen LogP contribution in [0, 0.1) is 0 Å². The first kappa shape index (κ1) is 9.24. The van der Waals surface area contributed by atoms with Gasteiger partial charge in [-0.2, -0.15) is 5.10 Å². The highest BCUT2D eigenvalue weighted by molar-refractivity contribution is 6.02. The van der Waals surface area contributed by atoms with Crippen molar-refractivity contribution in [3.63, 3.8) is 0 Å². The topological polar surface area (TPSA) is 86.3 Å². The molecular formula is C7H9N3O3. The Morgan fingerprint density at radius 3 is 2.62 bits per heavy atom. The number of nitrogens with zero attached hydrogens (tertiary/aromatic N) is 2.